The van der Waals surface area contributed by atoms with Crippen LogP contribution in [0.1, 0.15) is 6.42 Å². The predicted molar refractivity (Wildman–Crippen MR) is 80.0 cm³/mol. The Morgan fingerprint density at radius 3 is 2.60 bits per heavy atom. The normalized spacial score (nSPS) is 18.9. The fourth-order valence-electron chi connectivity index (χ4n) is 2.44. The van der Waals surface area contributed by atoms with E-state index in [1.165, 1.54) is 0 Å². The van der Waals surface area contributed by atoms with Crippen LogP contribution < -0.4 is 4.90 Å². The van der Waals surface area contributed by atoms with E-state index in [0.29, 0.717) is 30.5 Å². The molecule has 0 amide bonds. The molecular formula is C13H14ClN3O2S. The predicted octanol–water partition coefficient (Wildman–Crippen LogP) is 1.91. The number of fused-ring (bicyclic) bond motifs is 1. The lowest BCUT2D eigenvalue weighted by molar-refractivity contribution is 0.597. The van der Waals surface area contributed by atoms with Gasteiger partial charge in [0.2, 0.25) is 0 Å². The van der Waals surface area contributed by atoms with E-state index in [1.54, 1.807) is 0 Å². The van der Waals surface area contributed by atoms with Crippen LogP contribution in [0.25, 0.3) is 10.8 Å². The van der Waals surface area contributed by atoms with Crippen molar-refractivity contribution < 1.29 is 8.42 Å². The molecule has 1 aliphatic rings. The fourth-order valence-corrected chi connectivity index (χ4v) is 3.92. The van der Waals surface area contributed by atoms with Crippen molar-refractivity contribution in [2.75, 3.05) is 29.5 Å². The van der Waals surface area contributed by atoms with Crippen molar-refractivity contribution in [3.8, 4) is 0 Å². The van der Waals surface area contributed by atoms with E-state index in [1.807, 2.05) is 29.2 Å². The number of sulfone groups is 1. The number of aromatic nitrogens is 2. The molecule has 1 aliphatic heterocycles. The quantitative estimate of drug-likeness (QED) is 0.805. The number of anilines is 1. The molecule has 106 valence electrons. The van der Waals surface area contributed by atoms with Crippen molar-refractivity contribution in [1.82, 2.24) is 10.2 Å². The average molecular weight is 312 g/mol. The van der Waals surface area contributed by atoms with Crippen LogP contribution in [0.4, 0.5) is 5.82 Å². The summed E-state index contributed by atoms with van der Waals surface area (Å²) in [4.78, 5) is 1.98. The van der Waals surface area contributed by atoms with Crippen molar-refractivity contribution in [3.63, 3.8) is 0 Å². The minimum Gasteiger partial charge on any atom is -0.354 e. The van der Waals surface area contributed by atoms with E-state index in [-0.39, 0.29) is 11.5 Å². The highest BCUT2D eigenvalue weighted by atomic mass is 35.5. The molecule has 3 rings (SSSR count). The highest BCUT2D eigenvalue weighted by Crippen LogP contribution is 2.28. The number of nitrogens with zero attached hydrogens (tertiary/aromatic N) is 3. The molecule has 0 unspecified atom stereocenters. The Hall–Kier alpha value is -1.40. The van der Waals surface area contributed by atoms with E-state index < -0.39 is 9.84 Å². The summed E-state index contributed by atoms with van der Waals surface area (Å²) in [5.74, 6) is 1.11. The van der Waals surface area contributed by atoms with E-state index >= 15 is 0 Å². The number of benzene rings is 1. The molecule has 0 atom stereocenters. The smallest absolute Gasteiger partial charge is 0.159 e. The molecule has 1 aromatic heterocycles. The molecule has 0 radical (unpaired) electrons. The van der Waals surface area contributed by atoms with E-state index in [0.717, 1.165) is 10.8 Å². The molecular weight excluding hydrogens is 298 g/mol. The van der Waals surface area contributed by atoms with Crippen LogP contribution in [-0.4, -0.2) is 43.2 Å². The minimum absolute atomic E-state index is 0.158. The third kappa shape index (κ3) is 2.58. The SMILES string of the molecule is O=S1(=O)CCCN(c2nnc(Cl)c3ccccc23)CC1. The van der Waals surface area contributed by atoms with Gasteiger partial charge in [0.05, 0.1) is 11.5 Å². The van der Waals surface area contributed by atoms with Gasteiger partial charge < -0.3 is 4.90 Å². The van der Waals surface area contributed by atoms with Gasteiger partial charge in [-0.2, -0.15) is 0 Å². The van der Waals surface area contributed by atoms with Gasteiger partial charge in [0.25, 0.3) is 0 Å². The Kier molecular flexibility index (Phi) is 3.52. The van der Waals surface area contributed by atoms with Crippen LogP contribution in [0, 0.1) is 0 Å². The average Bonchev–Trinajstić information content (AvgIpc) is 2.61. The highest BCUT2D eigenvalue weighted by Gasteiger charge is 2.22. The second-order valence-electron chi connectivity index (χ2n) is 4.85. The van der Waals surface area contributed by atoms with Crippen molar-refractivity contribution in [1.29, 1.82) is 0 Å². The summed E-state index contributed by atoms with van der Waals surface area (Å²) in [7, 11) is -2.94. The molecule has 1 fully saturated rings. The van der Waals surface area contributed by atoms with Crippen LogP contribution in [-0.2, 0) is 9.84 Å². The monoisotopic (exact) mass is 311 g/mol. The summed E-state index contributed by atoms with van der Waals surface area (Å²) in [6, 6.07) is 7.64. The maximum Gasteiger partial charge on any atom is 0.159 e. The molecule has 0 saturated carbocycles. The van der Waals surface area contributed by atoms with Gasteiger partial charge in [-0.05, 0) is 6.42 Å². The Morgan fingerprint density at radius 2 is 1.80 bits per heavy atom. The van der Waals surface area contributed by atoms with Gasteiger partial charge in [-0.1, -0.05) is 35.9 Å². The molecule has 0 spiro atoms. The topological polar surface area (TPSA) is 63.2 Å². The van der Waals surface area contributed by atoms with Gasteiger partial charge in [-0.25, -0.2) is 8.42 Å². The Bertz CT molecular complexity index is 748. The zero-order chi connectivity index (χ0) is 14.2. The van der Waals surface area contributed by atoms with Crippen LogP contribution >= 0.6 is 11.6 Å². The lowest BCUT2D eigenvalue weighted by Gasteiger charge is -2.21. The molecule has 2 heterocycles. The summed E-state index contributed by atoms with van der Waals surface area (Å²) >= 11 is 6.06. The number of hydrogen-bond donors (Lipinski definition) is 0. The largest absolute Gasteiger partial charge is 0.354 e. The third-order valence-corrected chi connectivity index (χ3v) is 5.47. The zero-order valence-corrected chi connectivity index (χ0v) is 12.4. The van der Waals surface area contributed by atoms with Crippen molar-refractivity contribution in [2.45, 2.75) is 6.42 Å². The van der Waals surface area contributed by atoms with Crippen LogP contribution in [0.2, 0.25) is 5.15 Å². The molecule has 20 heavy (non-hydrogen) atoms. The third-order valence-electron chi connectivity index (χ3n) is 3.48. The lowest BCUT2D eigenvalue weighted by Crippen LogP contribution is -2.28. The van der Waals surface area contributed by atoms with E-state index in [2.05, 4.69) is 10.2 Å². The molecule has 0 N–H and O–H groups in total. The van der Waals surface area contributed by atoms with Crippen LogP contribution in [0.15, 0.2) is 24.3 Å². The van der Waals surface area contributed by atoms with Gasteiger partial charge in [-0.15, -0.1) is 10.2 Å². The number of halogens is 1. The maximum absolute atomic E-state index is 11.7. The van der Waals surface area contributed by atoms with Gasteiger partial charge in [0.1, 0.15) is 0 Å². The second kappa shape index (κ2) is 5.18. The summed E-state index contributed by atoms with van der Waals surface area (Å²) in [5.41, 5.74) is 0. The van der Waals surface area contributed by atoms with Crippen LogP contribution in [0.3, 0.4) is 0 Å². The van der Waals surface area contributed by atoms with Gasteiger partial charge in [0, 0.05) is 23.9 Å². The van der Waals surface area contributed by atoms with E-state index in [9.17, 15) is 8.42 Å². The first kappa shape index (κ1) is 13.6. The summed E-state index contributed by atoms with van der Waals surface area (Å²) in [6.45, 7) is 1.11. The second-order valence-corrected chi connectivity index (χ2v) is 7.51. The summed E-state index contributed by atoms with van der Waals surface area (Å²) in [6.07, 6.45) is 0.612. The summed E-state index contributed by atoms with van der Waals surface area (Å²) in [5, 5.41) is 10.3. The number of rotatable bonds is 1. The molecule has 7 heteroatoms. The standard InChI is InChI=1S/C13H14ClN3O2S/c14-12-10-4-1-2-5-11(10)13(16-15-12)17-6-3-8-20(18,19)9-7-17/h1-2,4-5H,3,6-9H2. The molecule has 0 bridgehead atoms. The van der Waals surface area contributed by atoms with Crippen LogP contribution in [0.5, 0.6) is 0 Å². The molecule has 0 aliphatic carbocycles. The van der Waals surface area contributed by atoms with Gasteiger partial charge in [0.15, 0.2) is 20.8 Å². The van der Waals surface area contributed by atoms with E-state index in [4.69, 9.17) is 11.6 Å². The lowest BCUT2D eigenvalue weighted by atomic mass is 10.2. The molecule has 1 aromatic carbocycles. The van der Waals surface area contributed by atoms with Gasteiger partial charge in [-0.3, -0.25) is 0 Å². The Labute approximate surface area is 122 Å². The van der Waals surface area contributed by atoms with Gasteiger partial charge >= 0.3 is 0 Å². The van der Waals surface area contributed by atoms with Crippen molar-refractivity contribution in [3.05, 3.63) is 29.4 Å². The maximum atomic E-state index is 11.7. The Balaban J connectivity index is 2.04. The fraction of sp³-hybridized carbons (Fsp3) is 0.385. The first-order valence-electron chi connectivity index (χ1n) is 6.43. The number of hydrogen-bond acceptors (Lipinski definition) is 5. The zero-order valence-electron chi connectivity index (χ0n) is 10.8. The van der Waals surface area contributed by atoms with Crippen molar-refractivity contribution in [2.24, 2.45) is 0 Å². The summed E-state index contributed by atoms with van der Waals surface area (Å²) < 4.78 is 23.4. The minimum atomic E-state index is -2.94. The van der Waals surface area contributed by atoms with Crippen molar-refractivity contribution >= 4 is 38.0 Å². The first-order chi connectivity index (χ1) is 9.57. The molecule has 5 nitrogen and oxygen atoms in total. The molecule has 1 saturated heterocycles. The molecule has 2 aromatic rings. The first-order valence-corrected chi connectivity index (χ1v) is 8.63. The Morgan fingerprint density at radius 1 is 1.05 bits per heavy atom. The highest BCUT2D eigenvalue weighted by molar-refractivity contribution is 7.91.